The molecule has 2 aromatic rings. The van der Waals surface area contributed by atoms with Crippen molar-refractivity contribution in [2.75, 3.05) is 6.54 Å². The van der Waals surface area contributed by atoms with Crippen molar-refractivity contribution in [3.63, 3.8) is 0 Å². The molecule has 1 saturated carbocycles. The standard InChI is InChI=1S/C17H21N3OS/c1-10(20-17(21)15-7-14(15)8-18)12-3-5-13(6-4-12)16-11(2)19-9-22-16/h3-6,9-10,14-15H,7-8,18H2,1-2H3,(H,20,21). The minimum absolute atomic E-state index is 0.0168. The average molecular weight is 315 g/mol. The molecule has 0 aliphatic heterocycles. The van der Waals surface area contributed by atoms with Crippen molar-refractivity contribution in [2.24, 2.45) is 17.6 Å². The van der Waals surface area contributed by atoms with Gasteiger partial charge in [0, 0.05) is 5.92 Å². The molecule has 0 spiro atoms. The van der Waals surface area contributed by atoms with Gasteiger partial charge in [-0.1, -0.05) is 24.3 Å². The lowest BCUT2D eigenvalue weighted by Gasteiger charge is -2.15. The molecule has 1 aliphatic carbocycles. The Morgan fingerprint density at radius 1 is 1.45 bits per heavy atom. The van der Waals surface area contributed by atoms with Crippen molar-refractivity contribution in [3.8, 4) is 10.4 Å². The molecule has 5 heteroatoms. The average Bonchev–Trinajstić information content (AvgIpc) is 3.21. The Hall–Kier alpha value is -1.72. The molecule has 116 valence electrons. The van der Waals surface area contributed by atoms with Crippen LogP contribution in [0.5, 0.6) is 0 Å². The molecule has 0 bridgehead atoms. The Morgan fingerprint density at radius 3 is 2.73 bits per heavy atom. The molecule has 22 heavy (non-hydrogen) atoms. The van der Waals surface area contributed by atoms with E-state index in [9.17, 15) is 4.79 Å². The highest BCUT2D eigenvalue weighted by Crippen LogP contribution is 2.38. The van der Waals surface area contributed by atoms with E-state index in [2.05, 4.69) is 34.6 Å². The van der Waals surface area contributed by atoms with Crippen molar-refractivity contribution in [2.45, 2.75) is 26.3 Å². The first-order valence-electron chi connectivity index (χ1n) is 7.61. The van der Waals surface area contributed by atoms with Crippen LogP contribution in [0.25, 0.3) is 10.4 Å². The smallest absolute Gasteiger partial charge is 0.223 e. The van der Waals surface area contributed by atoms with Crippen molar-refractivity contribution in [3.05, 3.63) is 41.0 Å². The maximum Gasteiger partial charge on any atom is 0.223 e. The van der Waals surface area contributed by atoms with Crippen LogP contribution in [-0.4, -0.2) is 17.4 Å². The van der Waals surface area contributed by atoms with Gasteiger partial charge in [0.25, 0.3) is 0 Å². The second-order valence-electron chi connectivity index (χ2n) is 5.96. The van der Waals surface area contributed by atoms with Gasteiger partial charge in [0.2, 0.25) is 5.91 Å². The highest BCUT2D eigenvalue weighted by atomic mass is 32.1. The maximum absolute atomic E-state index is 12.1. The molecule has 1 heterocycles. The molecule has 4 nitrogen and oxygen atoms in total. The Bertz CT molecular complexity index is 665. The fourth-order valence-corrected chi connectivity index (χ4v) is 3.55. The van der Waals surface area contributed by atoms with E-state index in [1.165, 1.54) is 10.4 Å². The van der Waals surface area contributed by atoms with Gasteiger partial charge in [-0.15, -0.1) is 11.3 Å². The molecule has 1 aromatic heterocycles. The van der Waals surface area contributed by atoms with Gasteiger partial charge in [-0.25, -0.2) is 4.98 Å². The number of benzene rings is 1. The molecular formula is C17H21N3OS. The summed E-state index contributed by atoms with van der Waals surface area (Å²) in [5.41, 5.74) is 10.8. The second kappa shape index (κ2) is 6.18. The number of hydrogen-bond acceptors (Lipinski definition) is 4. The van der Waals surface area contributed by atoms with Crippen LogP contribution in [-0.2, 0) is 4.79 Å². The summed E-state index contributed by atoms with van der Waals surface area (Å²) < 4.78 is 0. The summed E-state index contributed by atoms with van der Waals surface area (Å²) in [7, 11) is 0. The van der Waals surface area contributed by atoms with Crippen LogP contribution >= 0.6 is 11.3 Å². The summed E-state index contributed by atoms with van der Waals surface area (Å²) >= 11 is 1.65. The first kappa shape index (κ1) is 15.2. The van der Waals surface area contributed by atoms with Crippen LogP contribution < -0.4 is 11.1 Å². The first-order valence-corrected chi connectivity index (χ1v) is 8.49. The van der Waals surface area contributed by atoms with Gasteiger partial charge < -0.3 is 11.1 Å². The number of nitrogens with zero attached hydrogens (tertiary/aromatic N) is 1. The number of hydrogen-bond donors (Lipinski definition) is 2. The Kier molecular flexibility index (Phi) is 4.27. The maximum atomic E-state index is 12.1. The predicted octanol–water partition coefficient (Wildman–Crippen LogP) is 2.89. The molecule has 3 N–H and O–H groups in total. The van der Waals surface area contributed by atoms with Crippen LogP contribution in [0, 0.1) is 18.8 Å². The molecule has 0 radical (unpaired) electrons. The van der Waals surface area contributed by atoms with E-state index in [-0.39, 0.29) is 17.9 Å². The van der Waals surface area contributed by atoms with Gasteiger partial charge in [0.05, 0.1) is 22.1 Å². The highest BCUT2D eigenvalue weighted by Gasteiger charge is 2.41. The number of amides is 1. The predicted molar refractivity (Wildman–Crippen MR) is 89.5 cm³/mol. The van der Waals surface area contributed by atoms with Gasteiger partial charge in [-0.2, -0.15) is 0 Å². The van der Waals surface area contributed by atoms with Crippen molar-refractivity contribution < 1.29 is 4.79 Å². The fourth-order valence-electron chi connectivity index (χ4n) is 2.74. The Balaban J connectivity index is 1.65. The van der Waals surface area contributed by atoms with Gasteiger partial charge in [-0.05, 0) is 43.9 Å². The fraction of sp³-hybridized carbons (Fsp3) is 0.412. The quantitative estimate of drug-likeness (QED) is 0.891. The van der Waals surface area contributed by atoms with Crippen LogP contribution in [0.1, 0.15) is 30.6 Å². The number of rotatable bonds is 5. The Labute approximate surface area is 134 Å². The summed E-state index contributed by atoms with van der Waals surface area (Å²) in [6, 6.07) is 8.36. The van der Waals surface area contributed by atoms with Gasteiger partial charge in [0.1, 0.15) is 0 Å². The third-order valence-electron chi connectivity index (χ3n) is 4.34. The zero-order chi connectivity index (χ0) is 15.7. The summed E-state index contributed by atoms with van der Waals surface area (Å²) in [5, 5.41) is 3.08. The first-order chi connectivity index (χ1) is 10.6. The number of thiazole rings is 1. The third kappa shape index (κ3) is 3.05. The van der Waals surface area contributed by atoms with Crippen molar-refractivity contribution in [1.82, 2.24) is 10.3 Å². The van der Waals surface area contributed by atoms with E-state index in [0.29, 0.717) is 12.5 Å². The van der Waals surface area contributed by atoms with Crippen LogP contribution in [0.15, 0.2) is 29.8 Å². The van der Waals surface area contributed by atoms with E-state index < -0.39 is 0 Å². The minimum atomic E-state index is 0.0168. The summed E-state index contributed by atoms with van der Waals surface area (Å²) in [4.78, 5) is 17.6. The van der Waals surface area contributed by atoms with E-state index in [4.69, 9.17) is 5.73 Å². The molecule has 1 amide bonds. The largest absolute Gasteiger partial charge is 0.349 e. The SMILES string of the molecule is Cc1ncsc1-c1ccc(C(C)NC(=O)C2CC2CN)cc1. The van der Waals surface area contributed by atoms with Gasteiger partial charge in [-0.3, -0.25) is 4.79 Å². The normalized spacial score (nSPS) is 21.4. The molecule has 1 aliphatic rings. The lowest BCUT2D eigenvalue weighted by Crippen LogP contribution is -2.29. The van der Waals surface area contributed by atoms with Crippen LogP contribution in [0.3, 0.4) is 0 Å². The number of aryl methyl sites for hydroxylation is 1. The molecule has 3 unspecified atom stereocenters. The van der Waals surface area contributed by atoms with E-state index >= 15 is 0 Å². The van der Waals surface area contributed by atoms with E-state index in [1.807, 2.05) is 19.4 Å². The van der Waals surface area contributed by atoms with Gasteiger partial charge >= 0.3 is 0 Å². The third-order valence-corrected chi connectivity index (χ3v) is 5.32. The lowest BCUT2D eigenvalue weighted by atomic mass is 10.0. The Morgan fingerprint density at radius 2 is 2.18 bits per heavy atom. The topological polar surface area (TPSA) is 68.0 Å². The van der Waals surface area contributed by atoms with E-state index in [1.54, 1.807) is 11.3 Å². The number of aromatic nitrogens is 1. The second-order valence-corrected chi connectivity index (χ2v) is 6.81. The molecule has 1 aromatic carbocycles. The number of carbonyl (C=O) groups is 1. The number of nitrogens with one attached hydrogen (secondary N) is 1. The van der Waals surface area contributed by atoms with E-state index in [0.717, 1.165) is 17.7 Å². The summed E-state index contributed by atoms with van der Waals surface area (Å²) in [6.45, 7) is 4.64. The molecule has 3 atom stereocenters. The highest BCUT2D eigenvalue weighted by molar-refractivity contribution is 7.13. The van der Waals surface area contributed by atoms with Gasteiger partial charge in [0.15, 0.2) is 0 Å². The zero-order valence-corrected chi connectivity index (χ0v) is 13.7. The monoisotopic (exact) mass is 315 g/mol. The molecule has 1 fully saturated rings. The van der Waals surface area contributed by atoms with Crippen molar-refractivity contribution >= 4 is 17.2 Å². The summed E-state index contributed by atoms with van der Waals surface area (Å²) in [5.74, 6) is 0.626. The summed E-state index contributed by atoms with van der Waals surface area (Å²) in [6.07, 6.45) is 0.929. The molecule has 0 saturated heterocycles. The number of nitrogens with two attached hydrogens (primary N) is 1. The van der Waals surface area contributed by atoms with Crippen LogP contribution in [0.4, 0.5) is 0 Å². The van der Waals surface area contributed by atoms with Crippen LogP contribution in [0.2, 0.25) is 0 Å². The number of carbonyl (C=O) groups excluding carboxylic acids is 1. The lowest BCUT2D eigenvalue weighted by molar-refractivity contribution is -0.123. The molecular weight excluding hydrogens is 294 g/mol. The minimum Gasteiger partial charge on any atom is -0.349 e. The van der Waals surface area contributed by atoms with Crippen molar-refractivity contribution in [1.29, 1.82) is 0 Å². The zero-order valence-electron chi connectivity index (χ0n) is 12.9. The molecule has 3 rings (SSSR count).